The van der Waals surface area contributed by atoms with Crippen molar-refractivity contribution in [3.8, 4) is 0 Å². The van der Waals surface area contributed by atoms with Gasteiger partial charge in [0.2, 0.25) is 0 Å². The number of halogens is 2. The number of carbonyl (C=O) groups excluding carboxylic acids is 1. The van der Waals surface area contributed by atoms with E-state index in [-0.39, 0.29) is 6.09 Å². The highest BCUT2D eigenvalue weighted by molar-refractivity contribution is 6.43. The summed E-state index contributed by atoms with van der Waals surface area (Å²) in [6.07, 6.45) is 1.46. The summed E-state index contributed by atoms with van der Waals surface area (Å²) in [6, 6.07) is 9.26. The fourth-order valence-corrected chi connectivity index (χ4v) is 4.07. The Morgan fingerprint density at radius 1 is 1.15 bits per heavy atom. The number of pyridine rings is 1. The van der Waals surface area contributed by atoms with Gasteiger partial charge in [0.15, 0.2) is 0 Å². The first-order chi connectivity index (χ1) is 16.2. The number of ether oxygens (including phenoxy) is 1. The van der Waals surface area contributed by atoms with Crippen LogP contribution in [0.3, 0.4) is 0 Å². The molecule has 34 heavy (non-hydrogen) atoms. The van der Waals surface area contributed by atoms with Crippen LogP contribution in [0.1, 0.15) is 26.3 Å². The fraction of sp³-hybridized carbons (Fsp3) is 0.409. The molecule has 1 aliphatic heterocycles. The van der Waals surface area contributed by atoms with E-state index in [4.69, 9.17) is 27.9 Å². The van der Waals surface area contributed by atoms with Gasteiger partial charge in [0.1, 0.15) is 11.4 Å². The molecular formula is C22H26Cl2N8O2. The lowest BCUT2D eigenvalue weighted by Gasteiger charge is -2.37. The summed E-state index contributed by atoms with van der Waals surface area (Å²) >= 11 is 12.8. The van der Waals surface area contributed by atoms with Gasteiger partial charge >= 0.3 is 6.09 Å². The van der Waals surface area contributed by atoms with Crippen LogP contribution in [0.25, 0.3) is 0 Å². The minimum absolute atomic E-state index is 0.299. The van der Waals surface area contributed by atoms with E-state index in [1.165, 1.54) is 0 Å². The Labute approximate surface area is 207 Å². The normalized spacial score (nSPS) is 14.3. The largest absolute Gasteiger partial charge is 0.444 e. The summed E-state index contributed by atoms with van der Waals surface area (Å²) in [5.74, 6) is 1.17. The number of nitrogens with one attached hydrogen (secondary N) is 1. The molecule has 0 saturated carbocycles. The van der Waals surface area contributed by atoms with E-state index in [0.29, 0.717) is 54.4 Å². The molecule has 0 radical (unpaired) electrons. The molecule has 2 aromatic heterocycles. The van der Waals surface area contributed by atoms with Crippen molar-refractivity contribution in [1.82, 2.24) is 30.5 Å². The summed E-state index contributed by atoms with van der Waals surface area (Å²) in [6.45, 7) is 8.32. The SMILES string of the molecule is CC(C)(C)OC(=O)N1CCN(c2ncccc2CN(c2nn[nH]n2)c2cccc(Cl)c2Cl)CC1. The number of H-pyrrole nitrogens is 1. The number of aromatic nitrogens is 5. The predicted molar refractivity (Wildman–Crippen MR) is 131 cm³/mol. The molecule has 1 fully saturated rings. The smallest absolute Gasteiger partial charge is 0.410 e. The first-order valence-corrected chi connectivity index (χ1v) is 11.6. The lowest BCUT2D eigenvalue weighted by molar-refractivity contribution is 0.0240. The Morgan fingerprint density at radius 2 is 1.91 bits per heavy atom. The van der Waals surface area contributed by atoms with Crippen LogP contribution in [0.4, 0.5) is 22.2 Å². The van der Waals surface area contributed by atoms with Gasteiger partial charge in [0, 0.05) is 37.9 Å². The van der Waals surface area contributed by atoms with Gasteiger partial charge in [-0.05, 0) is 44.2 Å². The molecule has 10 nitrogen and oxygen atoms in total. The first kappa shape index (κ1) is 24.0. The third-order valence-corrected chi connectivity index (χ3v) is 6.03. The van der Waals surface area contributed by atoms with Crippen LogP contribution in [0.15, 0.2) is 36.5 Å². The molecule has 1 N–H and O–H groups in total. The van der Waals surface area contributed by atoms with Crippen molar-refractivity contribution in [1.29, 1.82) is 0 Å². The van der Waals surface area contributed by atoms with Crippen molar-refractivity contribution in [2.75, 3.05) is 36.0 Å². The number of hydrogen-bond donors (Lipinski definition) is 1. The van der Waals surface area contributed by atoms with E-state index in [1.807, 2.05) is 49.9 Å². The van der Waals surface area contributed by atoms with Gasteiger partial charge < -0.3 is 19.4 Å². The lowest BCUT2D eigenvalue weighted by atomic mass is 10.2. The lowest BCUT2D eigenvalue weighted by Crippen LogP contribution is -2.50. The summed E-state index contributed by atoms with van der Waals surface area (Å²) in [5.41, 5.74) is 1.07. The number of hydrogen-bond acceptors (Lipinski definition) is 8. The van der Waals surface area contributed by atoms with Gasteiger partial charge in [0.25, 0.3) is 5.95 Å². The summed E-state index contributed by atoms with van der Waals surface area (Å²) in [4.78, 5) is 22.8. The molecule has 1 amide bonds. The standard InChI is InChI=1S/C22H26Cl2N8O2/c1-22(2,3)34-21(33)31-12-10-30(11-13-31)19-15(6-5-9-25-19)14-32(20-26-28-29-27-20)17-8-4-7-16(23)18(17)24/h4-9H,10-14H2,1-3H3,(H,26,27,28,29). The monoisotopic (exact) mass is 504 g/mol. The highest BCUT2D eigenvalue weighted by atomic mass is 35.5. The first-order valence-electron chi connectivity index (χ1n) is 10.8. The number of piperazine rings is 1. The zero-order valence-electron chi connectivity index (χ0n) is 19.2. The quantitative estimate of drug-likeness (QED) is 0.548. The molecule has 12 heteroatoms. The molecule has 0 aliphatic carbocycles. The average molecular weight is 505 g/mol. The van der Waals surface area contributed by atoms with E-state index in [1.54, 1.807) is 17.2 Å². The second-order valence-electron chi connectivity index (χ2n) is 8.81. The minimum Gasteiger partial charge on any atom is -0.444 e. The van der Waals surface area contributed by atoms with E-state index >= 15 is 0 Å². The van der Waals surface area contributed by atoms with E-state index in [2.05, 4.69) is 30.5 Å². The van der Waals surface area contributed by atoms with Crippen LogP contribution in [-0.4, -0.2) is 68.4 Å². The van der Waals surface area contributed by atoms with Crippen molar-refractivity contribution in [3.05, 3.63) is 52.1 Å². The molecule has 1 aliphatic rings. The minimum atomic E-state index is -0.525. The summed E-state index contributed by atoms with van der Waals surface area (Å²) < 4.78 is 5.51. The molecule has 1 aromatic carbocycles. The number of tetrazole rings is 1. The molecule has 1 saturated heterocycles. The number of carbonyl (C=O) groups is 1. The third-order valence-electron chi connectivity index (χ3n) is 5.22. The number of nitrogens with zero attached hydrogens (tertiary/aromatic N) is 7. The maximum Gasteiger partial charge on any atom is 0.410 e. The number of aromatic amines is 1. The zero-order chi connectivity index (χ0) is 24.3. The molecule has 4 rings (SSSR count). The van der Waals surface area contributed by atoms with Crippen molar-refractivity contribution >= 4 is 46.7 Å². The Bertz CT molecular complexity index is 1130. The van der Waals surface area contributed by atoms with Crippen LogP contribution >= 0.6 is 23.2 Å². The number of rotatable bonds is 5. The molecular weight excluding hydrogens is 479 g/mol. The molecule has 0 atom stereocenters. The van der Waals surface area contributed by atoms with E-state index < -0.39 is 5.60 Å². The van der Waals surface area contributed by atoms with Crippen molar-refractivity contribution in [2.45, 2.75) is 32.9 Å². The fourth-order valence-electron chi connectivity index (χ4n) is 3.67. The van der Waals surface area contributed by atoms with Gasteiger partial charge in [-0.15, -0.1) is 5.10 Å². The molecule has 0 bridgehead atoms. The summed E-state index contributed by atoms with van der Waals surface area (Å²) in [7, 11) is 0. The number of amides is 1. The topological polar surface area (TPSA) is 103 Å². The molecule has 180 valence electrons. The highest BCUT2D eigenvalue weighted by Crippen LogP contribution is 2.36. The Balaban J connectivity index is 1.55. The molecule has 0 unspecified atom stereocenters. The van der Waals surface area contributed by atoms with Crippen LogP contribution in [0.2, 0.25) is 10.0 Å². The van der Waals surface area contributed by atoms with Crippen LogP contribution in [0, 0.1) is 0 Å². The van der Waals surface area contributed by atoms with Gasteiger partial charge in [-0.25, -0.2) is 9.78 Å². The predicted octanol–water partition coefficient (Wildman–Crippen LogP) is 4.30. The van der Waals surface area contributed by atoms with Gasteiger partial charge in [-0.2, -0.15) is 5.21 Å². The average Bonchev–Trinajstić information content (AvgIpc) is 3.34. The number of anilines is 3. The third kappa shape index (κ3) is 5.51. The van der Waals surface area contributed by atoms with E-state index in [0.717, 1.165) is 11.4 Å². The maximum absolute atomic E-state index is 12.4. The van der Waals surface area contributed by atoms with Crippen molar-refractivity contribution in [2.24, 2.45) is 0 Å². The molecule has 3 aromatic rings. The molecule has 3 heterocycles. The van der Waals surface area contributed by atoms with Gasteiger partial charge in [-0.1, -0.05) is 40.4 Å². The second-order valence-corrected chi connectivity index (χ2v) is 9.60. The van der Waals surface area contributed by atoms with Crippen LogP contribution in [-0.2, 0) is 11.3 Å². The zero-order valence-corrected chi connectivity index (χ0v) is 20.7. The van der Waals surface area contributed by atoms with E-state index in [9.17, 15) is 4.79 Å². The van der Waals surface area contributed by atoms with Crippen molar-refractivity contribution in [3.63, 3.8) is 0 Å². The molecule has 0 spiro atoms. The van der Waals surface area contributed by atoms with Gasteiger partial charge in [-0.3, -0.25) is 0 Å². The Hall–Kier alpha value is -3.11. The van der Waals surface area contributed by atoms with Crippen molar-refractivity contribution < 1.29 is 9.53 Å². The second kappa shape index (κ2) is 10.0. The van der Waals surface area contributed by atoms with Crippen LogP contribution < -0.4 is 9.80 Å². The summed E-state index contributed by atoms with van der Waals surface area (Å²) in [5, 5.41) is 15.3. The van der Waals surface area contributed by atoms with Gasteiger partial charge in [0.05, 0.1) is 22.3 Å². The maximum atomic E-state index is 12.4. The van der Waals surface area contributed by atoms with Crippen LogP contribution in [0.5, 0.6) is 0 Å². The Kier molecular flexibility index (Phi) is 7.08. The number of benzene rings is 1. The highest BCUT2D eigenvalue weighted by Gasteiger charge is 2.28. The Morgan fingerprint density at radius 3 is 2.59 bits per heavy atom.